The summed E-state index contributed by atoms with van der Waals surface area (Å²) in [7, 11) is 0. The fraction of sp³-hybridized carbons (Fsp3) is 0.125. The normalized spacial score (nSPS) is 19.4. The van der Waals surface area contributed by atoms with Crippen LogP contribution in [0.15, 0.2) is 39.6 Å². The number of azo groups is 1. The Balaban J connectivity index is 2.26. The van der Waals surface area contributed by atoms with Crippen LogP contribution < -0.4 is 0 Å². The van der Waals surface area contributed by atoms with Crippen LogP contribution in [0.1, 0.15) is 11.9 Å². The Bertz CT molecular complexity index is 413. The van der Waals surface area contributed by atoms with Crippen LogP contribution in [0.25, 0.3) is 0 Å². The summed E-state index contributed by atoms with van der Waals surface area (Å²) in [5.41, 5.74) is 0.590. The highest BCUT2D eigenvalue weighted by Gasteiger charge is 2.21. The molecule has 0 saturated heterocycles. The molecule has 0 spiro atoms. The van der Waals surface area contributed by atoms with E-state index >= 15 is 0 Å². The lowest BCUT2D eigenvalue weighted by Crippen LogP contribution is -2.07. The number of aliphatic imine (C=N–C) groups is 1. The number of hydrogen-bond donors (Lipinski definition) is 1. The maximum absolute atomic E-state index is 10.5. The Hall–Kier alpha value is -2.11. The molecule has 2 heterocycles. The second kappa shape index (κ2) is 3.33. The Kier molecular flexibility index (Phi) is 2.02. The number of carbonyl (C=O) groups is 1. The van der Waals surface area contributed by atoms with Crippen LogP contribution in [0.5, 0.6) is 0 Å². The molecule has 1 aliphatic rings. The third-order valence-electron chi connectivity index (χ3n) is 1.65. The Morgan fingerprint density at radius 2 is 2.29 bits per heavy atom. The van der Waals surface area contributed by atoms with Crippen molar-refractivity contribution in [2.45, 2.75) is 6.17 Å². The van der Waals surface area contributed by atoms with E-state index in [-0.39, 0.29) is 5.84 Å². The summed E-state index contributed by atoms with van der Waals surface area (Å²) < 4.78 is 0. The monoisotopic (exact) mass is 190 g/mol. The van der Waals surface area contributed by atoms with E-state index < -0.39 is 12.1 Å². The minimum Gasteiger partial charge on any atom is -0.475 e. The molecule has 14 heavy (non-hydrogen) atoms. The fourth-order valence-corrected chi connectivity index (χ4v) is 1.03. The highest BCUT2D eigenvalue weighted by Crippen LogP contribution is 2.21. The van der Waals surface area contributed by atoms with Gasteiger partial charge in [0.15, 0.2) is 0 Å². The SMILES string of the molecule is O=C(O)C1=N[C@@H](c2ccccn2)N=N1. The molecule has 0 amide bonds. The number of aliphatic carboxylic acids is 1. The van der Waals surface area contributed by atoms with Crippen molar-refractivity contribution in [1.29, 1.82) is 0 Å². The summed E-state index contributed by atoms with van der Waals surface area (Å²) in [4.78, 5) is 18.3. The van der Waals surface area contributed by atoms with E-state index in [1.54, 1.807) is 24.4 Å². The van der Waals surface area contributed by atoms with Gasteiger partial charge in [-0.3, -0.25) is 4.98 Å². The van der Waals surface area contributed by atoms with E-state index in [1.165, 1.54) is 0 Å². The van der Waals surface area contributed by atoms with E-state index in [2.05, 4.69) is 20.2 Å². The highest BCUT2D eigenvalue weighted by molar-refractivity contribution is 6.35. The van der Waals surface area contributed by atoms with Crippen molar-refractivity contribution in [1.82, 2.24) is 4.98 Å². The number of pyridine rings is 1. The summed E-state index contributed by atoms with van der Waals surface area (Å²) in [5.74, 6) is -1.45. The average molecular weight is 190 g/mol. The molecule has 70 valence electrons. The zero-order valence-corrected chi connectivity index (χ0v) is 7.03. The van der Waals surface area contributed by atoms with Crippen LogP contribution >= 0.6 is 0 Å². The molecular formula is C8H6N4O2. The van der Waals surface area contributed by atoms with Crippen LogP contribution in [-0.2, 0) is 4.79 Å². The van der Waals surface area contributed by atoms with E-state index in [0.717, 1.165) is 0 Å². The smallest absolute Gasteiger partial charge is 0.375 e. The number of rotatable bonds is 2. The number of amidine groups is 1. The molecule has 6 nitrogen and oxygen atoms in total. The number of aromatic nitrogens is 1. The largest absolute Gasteiger partial charge is 0.475 e. The van der Waals surface area contributed by atoms with Gasteiger partial charge in [0.05, 0.1) is 5.69 Å². The first-order valence-corrected chi connectivity index (χ1v) is 3.90. The third-order valence-corrected chi connectivity index (χ3v) is 1.65. The maximum atomic E-state index is 10.5. The second-order valence-electron chi connectivity index (χ2n) is 2.60. The van der Waals surface area contributed by atoms with Gasteiger partial charge in [-0.2, -0.15) is 5.11 Å². The van der Waals surface area contributed by atoms with Gasteiger partial charge >= 0.3 is 5.97 Å². The molecule has 1 aliphatic heterocycles. The molecule has 1 aromatic rings. The lowest BCUT2D eigenvalue weighted by atomic mass is 10.3. The third kappa shape index (κ3) is 1.49. The molecule has 0 bridgehead atoms. The Morgan fingerprint density at radius 3 is 2.86 bits per heavy atom. The molecule has 0 radical (unpaired) electrons. The van der Waals surface area contributed by atoms with E-state index in [1.807, 2.05) is 0 Å². The van der Waals surface area contributed by atoms with Gasteiger partial charge in [-0.25, -0.2) is 9.79 Å². The minimum atomic E-state index is -1.17. The van der Waals surface area contributed by atoms with Gasteiger partial charge in [-0.15, -0.1) is 5.11 Å². The van der Waals surface area contributed by atoms with Crippen molar-refractivity contribution in [3.8, 4) is 0 Å². The summed E-state index contributed by atoms with van der Waals surface area (Å²) in [6, 6.07) is 5.27. The first kappa shape index (κ1) is 8.49. The van der Waals surface area contributed by atoms with Crippen LogP contribution in [-0.4, -0.2) is 21.9 Å². The fourth-order valence-electron chi connectivity index (χ4n) is 1.03. The Morgan fingerprint density at radius 1 is 1.43 bits per heavy atom. The lowest BCUT2D eigenvalue weighted by molar-refractivity contribution is -0.129. The molecule has 1 N–H and O–H groups in total. The van der Waals surface area contributed by atoms with E-state index in [4.69, 9.17) is 5.11 Å². The van der Waals surface area contributed by atoms with Crippen LogP contribution in [0, 0.1) is 0 Å². The van der Waals surface area contributed by atoms with Gasteiger partial charge in [0.25, 0.3) is 5.84 Å². The molecule has 0 fully saturated rings. The van der Waals surface area contributed by atoms with Crippen molar-refractivity contribution in [2.24, 2.45) is 15.2 Å². The zero-order valence-electron chi connectivity index (χ0n) is 7.03. The van der Waals surface area contributed by atoms with Crippen molar-refractivity contribution in [2.75, 3.05) is 0 Å². The topological polar surface area (TPSA) is 87.3 Å². The molecule has 0 aromatic carbocycles. The zero-order chi connectivity index (χ0) is 9.97. The van der Waals surface area contributed by atoms with Gasteiger partial charge in [0.2, 0.25) is 6.17 Å². The highest BCUT2D eigenvalue weighted by atomic mass is 16.4. The van der Waals surface area contributed by atoms with Crippen molar-refractivity contribution in [3.05, 3.63) is 30.1 Å². The Labute approximate surface area is 79.0 Å². The molecule has 0 aliphatic carbocycles. The molecule has 1 atom stereocenters. The number of carboxylic acids is 1. The lowest BCUT2D eigenvalue weighted by Gasteiger charge is -1.98. The molecule has 6 heteroatoms. The average Bonchev–Trinajstić information content (AvgIpc) is 2.68. The van der Waals surface area contributed by atoms with Gasteiger partial charge in [0, 0.05) is 6.20 Å². The molecule has 0 saturated carbocycles. The van der Waals surface area contributed by atoms with Crippen LogP contribution in [0.2, 0.25) is 0 Å². The second-order valence-corrected chi connectivity index (χ2v) is 2.60. The van der Waals surface area contributed by atoms with Gasteiger partial charge in [0.1, 0.15) is 0 Å². The molecular weight excluding hydrogens is 184 g/mol. The predicted molar refractivity (Wildman–Crippen MR) is 46.9 cm³/mol. The minimum absolute atomic E-state index is 0.277. The first-order valence-electron chi connectivity index (χ1n) is 3.90. The van der Waals surface area contributed by atoms with Gasteiger partial charge in [-0.05, 0) is 12.1 Å². The van der Waals surface area contributed by atoms with Crippen LogP contribution in [0.4, 0.5) is 0 Å². The maximum Gasteiger partial charge on any atom is 0.375 e. The van der Waals surface area contributed by atoms with Gasteiger partial charge in [-0.1, -0.05) is 6.07 Å². The predicted octanol–water partition coefficient (Wildman–Crippen LogP) is 1.03. The molecule has 2 rings (SSSR count). The quantitative estimate of drug-likeness (QED) is 0.755. The first-order chi connectivity index (χ1) is 6.77. The standard InChI is InChI=1S/C8H6N4O2/c13-8(14)7-10-6(11-12-7)5-3-1-2-4-9-5/h1-4,6H,(H,13,14)/t6-/m1/s1. The number of hydrogen-bond acceptors (Lipinski definition) is 5. The van der Waals surface area contributed by atoms with Gasteiger partial charge < -0.3 is 5.11 Å². The van der Waals surface area contributed by atoms with Crippen molar-refractivity contribution >= 4 is 11.8 Å². The van der Waals surface area contributed by atoms with Crippen molar-refractivity contribution < 1.29 is 9.90 Å². The van der Waals surface area contributed by atoms with Crippen LogP contribution in [0.3, 0.4) is 0 Å². The number of carboxylic acid groups (broad SMARTS) is 1. The molecule has 0 unspecified atom stereocenters. The van der Waals surface area contributed by atoms with E-state index in [9.17, 15) is 4.79 Å². The number of nitrogens with zero attached hydrogens (tertiary/aromatic N) is 4. The summed E-state index contributed by atoms with van der Waals surface area (Å²) >= 11 is 0. The summed E-state index contributed by atoms with van der Waals surface area (Å²) in [5, 5.41) is 15.7. The summed E-state index contributed by atoms with van der Waals surface area (Å²) in [6.07, 6.45) is 0.987. The van der Waals surface area contributed by atoms with Crippen molar-refractivity contribution in [3.63, 3.8) is 0 Å². The van der Waals surface area contributed by atoms with E-state index in [0.29, 0.717) is 5.69 Å². The molecule has 1 aromatic heterocycles. The summed E-state index contributed by atoms with van der Waals surface area (Å²) in [6.45, 7) is 0.